The molecule has 3 N–H and O–H groups in total. The van der Waals surface area contributed by atoms with Crippen LogP contribution in [0, 0.1) is 17.5 Å². The number of rotatable bonds is 1. The fraction of sp³-hybridized carbons (Fsp3) is 0. The fourth-order valence-corrected chi connectivity index (χ4v) is 1.62. The third kappa shape index (κ3) is 1.57. The minimum absolute atomic E-state index is 0.0105. The molecule has 2 rings (SSSR count). The highest BCUT2D eigenvalue weighted by Crippen LogP contribution is 2.34. The van der Waals surface area contributed by atoms with Crippen LogP contribution in [0.1, 0.15) is 0 Å². The number of hydrogen-bond acceptors (Lipinski definition) is 2. The van der Waals surface area contributed by atoms with E-state index in [1.54, 1.807) is 0 Å². The molecule has 84 valence electrons. The van der Waals surface area contributed by atoms with E-state index in [-0.39, 0.29) is 11.4 Å². The number of nitrogens with one attached hydrogen (secondary N) is 1. The van der Waals surface area contributed by atoms with Crippen molar-refractivity contribution in [2.24, 2.45) is 0 Å². The van der Waals surface area contributed by atoms with E-state index in [1.165, 1.54) is 6.20 Å². The summed E-state index contributed by atoms with van der Waals surface area (Å²) in [5.74, 6) is -3.09. The third-order valence-corrected chi connectivity index (χ3v) is 2.78. The summed E-state index contributed by atoms with van der Waals surface area (Å²) in [6, 6.07) is 0.578. The van der Waals surface area contributed by atoms with Crippen LogP contribution >= 0.6 is 15.9 Å². The number of nitrogens with zero attached hydrogens (tertiary/aromatic N) is 1. The van der Waals surface area contributed by atoms with Crippen LogP contribution in [0.25, 0.3) is 11.1 Å². The molecular formula is C9H5BrF3N3. The van der Waals surface area contributed by atoms with E-state index < -0.39 is 27.5 Å². The van der Waals surface area contributed by atoms with Crippen molar-refractivity contribution < 1.29 is 13.2 Å². The van der Waals surface area contributed by atoms with Gasteiger partial charge in [-0.2, -0.15) is 5.10 Å². The molecule has 0 amide bonds. The summed E-state index contributed by atoms with van der Waals surface area (Å²) in [7, 11) is 0. The van der Waals surface area contributed by atoms with Gasteiger partial charge in [0.05, 0.1) is 16.2 Å². The Morgan fingerprint density at radius 3 is 2.50 bits per heavy atom. The molecule has 2 aromatic rings. The molecule has 0 radical (unpaired) electrons. The normalized spacial score (nSPS) is 10.8. The molecule has 0 aliphatic rings. The maximum Gasteiger partial charge on any atom is 0.151 e. The van der Waals surface area contributed by atoms with Crippen LogP contribution in [-0.4, -0.2) is 10.2 Å². The highest BCUT2D eigenvalue weighted by atomic mass is 79.9. The number of H-pyrrole nitrogens is 1. The van der Waals surface area contributed by atoms with Gasteiger partial charge in [-0.25, -0.2) is 13.2 Å². The number of nitrogen functional groups attached to an aromatic ring is 1. The first-order valence-electron chi connectivity index (χ1n) is 4.14. The molecule has 1 aromatic carbocycles. The first-order valence-corrected chi connectivity index (χ1v) is 4.94. The number of aromatic nitrogens is 2. The average molecular weight is 292 g/mol. The van der Waals surface area contributed by atoms with Gasteiger partial charge in [-0.05, 0) is 15.9 Å². The van der Waals surface area contributed by atoms with Crippen molar-refractivity contribution in [3.8, 4) is 11.1 Å². The summed E-state index contributed by atoms with van der Waals surface area (Å²) < 4.78 is 39.6. The van der Waals surface area contributed by atoms with E-state index in [0.29, 0.717) is 6.07 Å². The number of hydrogen-bond donors (Lipinski definition) is 2. The highest BCUT2D eigenvalue weighted by Gasteiger charge is 2.20. The van der Waals surface area contributed by atoms with Gasteiger partial charge in [-0.3, -0.25) is 5.10 Å². The molecule has 7 heteroatoms. The molecular weight excluding hydrogens is 287 g/mol. The summed E-state index contributed by atoms with van der Waals surface area (Å²) in [4.78, 5) is 0. The predicted molar refractivity (Wildman–Crippen MR) is 56.0 cm³/mol. The zero-order valence-corrected chi connectivity index (χ0v) is 9.28. The molecule has 1 aromatic heterocycles. The second-order valence-electron chi connectivity index (χ2n) is 3.04. The zero-order valence-electron chi connectivity index (χ0n) is 7.69. The Balaban J connectivity index is 2.76. The zero-order chi connectivity index (χ0) is 11.9. The molecule has 0 saturated heterocycles. The lowest BCUT2D eigenvalue weighted by Gasteiger charge is -2.06. The standard InChI is InChI=1S/C9H5BrF3N3/c10-7-5(12)1-4(11)6(8(7)13)3-2-15-16-9(3)14/h1-2H,(H3,14,15,16). The number of halogens is 4. The molecule has 0 fully saturated rings. The van der Waals surface area contributed by atoms with E-state index in [9.17, 15) is 13.2 Å². The largest absolute Gasteiger partial charge is 0.384 e. The topological polar surface area (TPSA) is 54.7 Å². The van der Waals surface area contributed by atoms with Crippen LogP contribution in [0.5, 0.6) is 0 Å². The molecule has 0 saturated carbocycles. The highest BCUT2D eigenvalue weighted by molar-refractivity contribution is 9.10. The van der Waals surface area contributed by atoms with Crippen LogP contribution in [0.3, 0.4) is 0 Å². The molecule has 0 spiro atoms. The van der Waals surface area contributed by atoms with Crippen LogP contribution in [0.15, 0.2) is 16.7 Å². The van der Waals surface area contributed by atoms with Crippen LogP contribution in [-0.2, 0) is 0 Å². The maximum atomic E-state index is 13.6. The minimum atomic E-state index is -1.05. The van der Waals surface area contributed by atoms with E-state index in [0.717, 1.165) is 0 Å². The van der Waals surface area contributed by atoms with Crippen LogP contribution in [0.4, 0.5) is 19.0 Å². The summed E-state index contributed by atoms with van der Waals surface area (Å²) in [6.07, 6.45) is 1.17. The van der Waals surface area contributed by atoms with Crippen molar-refractivity contribution in [2.45, 2.75) is 0 Å². The molecule has 0 unspecified atom stereocenters. The smallest absolute Gasteiger partial charge is 0.151 e. The summed E-state index contributed by atoms with van der Waals surface area (Å²) in [5, 5.41) is 5.88. The van der Waals surface area contributed by atoms with Crippen LogP contribution < -0.4 is 5.73 Å². The van der Waals surface area contributed by atoms with Gasteiger partial charge in [0, 0.05) is 11.6 Å². The molecule has 1 heterocycles. The van der Waals surface area contributed by atoms with E-state index in [4.69, 9.17) is 5.73 Å². The maximum absolute atomic E-state index is 13.6. The van der Waals surface area contributed by atoms with Gasteiger partial charge >= 0.3 is 0 Å². The Kier molecular flexibility index (Phi) is 2.63. The van der Waals surface area contributed by atoms with Crippen molar-refractivity contribution in [2.75, 3.05) is 5.73 Å². The number of benzene rings is 1. The lowest BCUT2D eigenvalue weighted by molar-refractivity contribution is 0.539. The Morgan fingerprint density at radius 1 is 1.25 bits per heavy atom. The molecule has 3 nitrogen and oxygen atoms in total. The summed E-state index contributed by atoms with van der Waals surface area (Å²) >= 11 is 2.69. The van der Waals surface area contributed by atoms with Crippen molar-refractivity contribution in [1.82, 2.24) is 10.2 Å². The van der Waals surface area contributed by atoms with Crippen molar-refractivity contribution in [1.29, 1.82) is 0 Å². The molecule has 0 aliphatic carbocycles. The first kappa shape index (κ1) is 11.0. The Morgan fingerprint density at radius 2 is 1.94 bits per heavy atom. The van der Waals surface area contributed by atoms with E-state index in [2.05, 4.69) is 26.1 Å². The fourth-order valence-electron chi connectivity index (χ4n) is 1.31. The Hall–Kier alpha value is -1.50. The summed E-state index contributed by atoms with van der Waals surface area (Å²) in [6.45, 7) is 0. The SMILES string of the molecule is Nc1[nH]ncc1-c1c(F)cc(F)c(Br)c1F. The first-order chi connectivity index (χ1) is 7.52. The number of anilines is 1. The molecule has 0 atom stereocenters. The van der Waals surface area contributed by atoms with E-state index in [1.807, 2.05) is 0 Å². The van der Waals surface area contributed by atoms with Crippen molar-refractivity contribution >= 4 is 21.7 Å². The van der Waals surface area contributed by atoms with Crippen molar-refractivity contribution in [3.05, 3.63) is 34.2 Å². The summed E-state index contributed by atoms with van der Waals surface area (Å²) in [5.41, 5.74) is 5.07. The lowest BCUT2D eigenvalue weighted by Crippen LogP contribution is -1.97. The molecule has 16 heavy (non-hydrogen) atoms. The lowest BCUT2D eigenvalue weighted by atomic mass is 10.1. The number of nitrogens with two attached hydrogens (primary N) is 1. The van der Waals surface area contributed by atoms with Gasteiger partial charge < -0.3 is 5.73 Å². The molecule has 0 bridgehead atoms. The minimum Gasteiger partial charge on any atom is -0.384 e. The van der Waals surface area contributed by atoms with Gasteiger partial charge in [0.15, 0.2) is 5.82 Å². The monoisotopic (exact) mass is 291 g/mol. The number of aromatic amines is 1. The predicted octanol–water partition coefficient (Wildman–Crippen LogP) is 2.84. The average Bonchev–Trinajstić information content (AvgIpc) is 2.62. The van der Waals surface area contributed by atoms with Gasteiger partial charge in [-0.1, -0.05) is 0 Å². The third-order valence-electron chi connectivity index (χ3n) is 2.05. The van der Waals surface area contributed by atoms with E-state index >= 15 is 0 Å². The van der Waals surface area contributed by atoms with Gasteiger partial charge in [0.2, 0.25) is 0 Å². The van der Waals surface area contributed by atoms with Crippen LogP contribution in [0.2, 0.25) is 0 Å². The Bertz CT molecular complexity index is 553. The second kappa shape index (κ2) is 3.82. The second-order valence-corrected chi connectivity index (χ2v) is 3.83. The van der Waals surface area contributed by atoms with Gasteiger partial charge in [-0.15, -0.1) is 0 Å². The Labute approximate surface area is 96.6 Å². The van der Waals surface area contributed by atoms with Crippen molar-refractivity contribution in [3.63, 3.8) is 0 Å². The quantitative estimate of drug-likeness (QED) is 0.627. The van der Waals surface area contributed by atoms with Gasteiger partial charge in [0.25, 0.3) is 0 Å². The molecule has 0 aliphatic heterocycles. The van der Waals surface area contributed by atoms with Gasteiger partial charge in [0.1, 0.15) is 17.5 Å².